The lowest BCUT2D eigenvalue weighted by Gasteiger charge is -2.32. The third kappa shape index (κ3) is 2.83. The molecular weight excluding hydrogens is 319 g/mol. The molecule has 0 amide bonds. The van der Waals surface area contributed by atoms with Crippen LogP contribution in [0.25, 0.3) is 0 Å². The Morgan fingerprint density at radius 3 is 2.05 bits per heavy atom. The lowest BCUT2D eigenvalue weighted by Crippen LogP contribution is -2.41. The van der Waals surface area contributed by atoms with Crippen LogP contribution in [-0.2, 0) is 9.31 Å². The van der Waals surface area contributed by atoms with E-state index in [-0.39, 0.29) is 0 Å². The first-order valence-corrected chi connectivity index (χ1v) is 7.44. The van der Waals surface area contributed by atoms with Gasteiger partial charge in [-0.3, -0.25) is 0 Å². The van der Waals surface area contributed by atoms with Crippen molar-refractivity contribution < 1.29 is 9.31 Å². The predicted molar refractivity (Wildman–Crippen MR) is 84.5 cm³/mol. The molecule has 110 valence electrons. The average molecular weight is 336 g/mol. The van der Waals surface area contributed by atoms with Gasteiger partial charge < -0.3 is 15.0 Å². The maximum atomic E-state index is 6.23. The highest BCUT2D eigenvalue weighted by Crippen LogP contribution is 2.41. The van der Waals surface area contributed by atoms with Gasteiger partial charge in [-0.25, -0.2) is 0 Å². The highest BCUT2D eigenvalue weighted by atomic mass is 35.5. The van der Waals surface area contributed by atoms with Crippen molar-refractivity contribution in [1.82, 2.24) is 0 Å². The molecule has 0 aliphatic carbocycles. The van der Waals surface area contributed by atoms with Gasteiger partial charge in [0.25, 0.3) is 0 Å². The molecule has 0 unspecified atom stereocenters. The van der Waals surface area contributed by atoms with Crippen LogP contribution in [0.4, 0.5) is 0 Å². The monoisotopic (exact) mass is 335 g/mol. The minimum atomic E-state index is -0.605. The molecule has 0 saturated carbocycles. The van der Waals surface area contributed by atoms with E-state index in [0.717, 1.165) is 0 Å². The molecule has 1 aliphatic heterocycles. The summed E-state index contributed by atoms with van der Waals surface area (Å²) in [6.07, 6.45) is 0. The van der Waals surface area contributed by atoms with E-state index in [0.29, 0.717) is 20.6 Å². The van der Waals surface area contributed by atoms with Crippen LogP contribution in [0.1, 0.15) is 39.2 Å². The minimum absolute atomic E-state index is 0.362. The Hall–Kier alpha value is 0.0349. The molecule has 0 aromatic heterocycles. The highest BCUT2D eigenvalue weighted by Gasteiger charge is 2.53. The zero-order chi connectivity index (χ0) is 15.3. The molecular formula is C13H17BCl3NO2. The van der Waals surface area contributed by atoms with Gasteiger partial charge in [-0.15, -0.1) is 0 Å². The van der Waals surface area contributed by atoms with Gasteiger partial charge in [0.15, 0.2) is 0 Å². The fraction of sp³-hybridized carbons (Fsp3) is 0.538. The van der Waals surface area contributed by atoms with Crippen molar-refractivity contribution in [2.24, 2.45) is 5.73 Å². The second kappa shape index (κ2) is 5.34. The minimum Gasteiger partial charge on any atom is -0.402 e. The van der Waals surface area contributed by atoms with E-state index in [1.54, 1.807) is 12.1 Å². The Morgan fingerprint density at radius 2 is 1.55 bits per heavy atom. The van der Waals surface area contributed by atoms with Crippen LogP contribution in [0.5, 0.6) is 0 Å². The van der Waals surface area contributed by atoms with E-state index in [9.17, 15) is 0 Å². The number of nitrogens with two attached hydrogens (primary N) is 1. The SMILES string of the molecule is CC1(C)OB([C@H](N)c2cc(Cl)cc(Cl)c2Cl)OC1(C)C. The Morgan fingerprint density at radius 1 is 1.05 bits per heavy atom. The number of rotatable bonds is 2. The van der Waals surface area contributed by atoms with E-state index in [1.807, 2.05) is 27.7 Å². The summed E-state index contributed by atoms with van der Waals surface area (Å²) in [7, 11) is -0.605. The van der Waals surface area contributed by atoms with E-state index < -0.39 is 24.3 Å². The van der Waals surface area contributed by atoms with Gasteiger partial charge in [0.1, 0.15) is 0 Å². The normalized spacial score (nSPS) is 22.1. The van der Waals surface area contributed by atoms with Crippen molar-refractivity contribution in [3.05, 3.63) is 32.8 Å². The topological polar surface area (TPSA) is 44.5 Å². The largest absolute Gasteiger partial charge is 0.480 e. The first-order valence-electron chi connectivity index (χ1n) is 6.31. The summed E-state index contributed by atoms with van der Waals surface area (Å²) in [5.41, 5.74) is 5.93. The van der Waals surface area contributed by atoms with Crippen LogP contribution in [0.15, 0.2) is 12.1 Å². The average Bonchev–Trinajstić information content (AvgIpc) is 2.52. The molecule has 1 heterocycles. The summed E-state index contributed by atoms with van der Waals surface area (Å²) in [5.74, 6) is -0.570. The quantitative estimate of drug-likeness (QED) is 0.648. The van der Waals surface area contributed by atoms with Gasteiger partial charge in [-0.1, -0.05) is 34.8 Å². The molecule has 1 atom stereocenters. The van der Waals surface area contributed by atoms with Crippen molar-refractivity contribution in [1.29, 1.82) is 0 Å². The Labute approximate surface area is 134 Å². The third-order valence-corrected chi connectivity index (χ3v) is 4.98. The Bertz CT molecular complexity index is 521. The van der Waals surface area contributed by atoms with Crippen molar-refractivity contribution >= 4 is 41.9 Å². The molecule has 1 fully saturated rings. The molecule has 0 bridgehead atoms. The number of hydrogen-bond donors (Lipinski definition) is 1. The second-order valence-corrected chi connectivity index (χ2v) is 7.16. The summed E-state index contributed by atoms with van der Waals surface area (Å²) in [6.45, 7) is 7.86. The van der Waals surface area contributed by atoms with E-state index >= 15 is 0 Å². The first-order chi connectivity index (χ1) is 9.05. The zero-order valence-electron chi connectivity index (χ0n) is 11.8. The summed E-state index contributed by atoms with van der Waals surface area (Å²) in [6, 6.07) is 3.26. The van der Waals surface area contributed by atoms with Crippen LogP contribution in [0.2, 0.25) is 15.1 Å². The van der Waals surface area contributed by atoms with E-state index in [4.69, 9.17) is 49.8 Å². The molecule has 2 rings (SSSR count). The highest BCUT2D eigenvalue weighted by molar-refractivity contribution is 6.49. The lowest BCUT2D eigenvalue weighted by atomic mass is 9.75. The van der Waals surface area contributed by atoms with Gasteiger partial charge in [0.2, 0.25) is 0 Å². The van der Waals surface area contributed by atoms with Gasteiger partial charge in [0, 0.05) is 5.02 Å². The van der Waals surface area contributed by atoms with Crippen LogP contribution in [-0.4, -0.2) is 18.3 Å². The number of hydrogen-bond acceptors (Lipinski definition) is 3. The van der Waals surface area contributed by atoms with Crippen LogP contribution in [0.3, 0.4) is 0 Å². The molecule has 7 heteroatoms. The first kappa shape index (κ1) is 16.4. The summed E-state index contributed by atoms with van der Waals surface area (Å²) in [4.78, 5) is 0. The summed E-state index contributed by atoms with van der Waals surface area (Å²) < 4.78 is 11.8. The Kier molecular flexibility index (Phi) is 4.38. The maximum absolute atomic E-state index is 6.23. The van der Waals surface area contributed by atoms with E-state index in [2.05, 4.69) is 0 Å². The molecule has 1 aromatic carbocycles. The molecule has 0 radical (unpaired) electrons. The molecule has 3 nitrogen and oxygen atoms in total. The van der Waals surface area contributed by atoms with Gasteiger partial charge >= 0.3 is 7.12 Å². The molecule has 0 spiro atoms. The molecule has 1 aliphatic rings. The van der Waals surface area contributed by atoms with Crippen LogP contribution >= 0.6 is 34.8 Å². The summed E-state index contributed by atoms with van der Waals surface area (Å²) in [5, 5.41) is 1.21. The fourth-order valence-corrected chi connectivity index (χ4v) is 2.74. The molecule has 1 aromatic rings. The van der Waals surface area contributed by atoms with Gasteiger partial charge in [-0.05, 0) is 45.4 Å². The maximum Gasteiger partial charge on any atom is 0.480 e. The van der Waals surface area contributed by atoms with Gasteiger partial charge in [-0.2, -0.15) is 0 Å². The zero-order valence-corrected chi connectivity index (χ0v) is 14.1. The molecule has 1 saturated heterocycles. The fourth-order valence-electron chi connectivity index (χ4n) is 2.00. The summed E-state index contributed by atoms with van der Waals surface area (Å²) >= 11 is 18.2. The standard InChI is InChI=1S/C13H17BCl3NO2/c1-12(2)13(3,4)20-14(19-12)11(18)8-5-7(15)6-9(16)10(8)17/h5-6,11H,18H2,1-4H3/t11-/m1/s1. The van der Waals surface area contributed by atoms with Crippen LogP contribution < -0.4 is 5.73 Å². The number of halogens is 3. The van der Waals surface area contributed by atoms with Crippen molar-refractivity contribution in [2.45, 2.75) is 44.8 Å². The van der Waals surface area contributed by atoms with Gasteiger partial charge in [0.05, 0.1) is 27.2 Å². The lowest BCUT2D eigenvalue weighted by molar-refractivity contribution is 0.00578. The predicted octanol–water partition coefficient (Wildman–Crippen LogP) is 4.28. The number of benzene rings is 1. The molecule has 2 N–H and O–H groups in total. The Balaban J connectivity index is 2.32. The smallest absolute Gasteiger partial charge is 0.402 e. The molecule has 20 heavy (non-hydrogen) atoms. The van der Waals surface area contributed by atoms with E-state index in [1.165, 1.54) is 0 Å². The van der Waals surface area contributed by atoms with Crippen molar-refractivity contribution in [3.8, 4) is 0 Å². The van der Waals surface area contributed by atoms with Crippen molar-refractivity contribution in [3.63, 3.8) is 0 Å². The third-order valence-electron chi connectivity index (χ3n) is 3.94. The van der Waals surface area contributed by atoms with Crippen LogP contribution in [0, 0.1) is 0 Å². The second-order valence-electron chi connectivity index (χ2n) is 5.94. The van der Waals surface area contributed by atoms with Crippen molar-refractivity contribution in [2.75, 3.05) is 0 Å².